The number of carbonyl (C=O) groups is 3. The maximum Gasteiger partial charge on any atom is 0.328 e. The summed E-state index contributed by atoms with van der Waals surface area (Å²) >= 11 is 0. The van der Waals surface area contributed by atoms with E-state index in [1.807, 2.05) is 0 Å². The molecule has 0 spiro atoms. The monoisotopic (exact) mass is 374 g/mol. The van der Waals surface area contributed by atoms with Gasteiger partial charge in [-0.05, 0) is 13.3 Å². The smallest absolute Gasteiger partial charge is 0.328 e. The average molecular weight is 374 g/mol. The van der Waals surface area contributed by atoms with E-state index in [-0.39, 0.29) is 24.6 Å². The van der Waals surface area contributed by atoms with Crippen LogP contribution in [0.5, 0.6) is 0 Å². The van der Waals surface area contributed by atoms with Gasteiger partial charge in [-0.3, -0.25) is 4.79 Å². The third-order valence-corrected chi connectivity index (χ3v) is 3.29. The van der Waals surface area contributed by atoms with Crippen LogP contribution in [0.25, 0.3) is 0 Å². The van der Waals surface area contributed by atoms with Crippen molar-refractivity contribution in [2.24, 2.45) is 11.5 Å². The zero-order valence-corrected chi connectivity index (χ0v) is 14.0. The highest BCUT2D eigenvalue weighted by Gasteiger charge is 2.28. The maximum absolute atomic E-state index is 12.0. The van der Waals surface area contributed by atoms with Crippen LogP contribution >= 0.6 is 0 Å². The molecule has 0 bridgehead atoms. The normalized spacial score (nSPS) is 15.5. The lowest BCUT2D eigenvalue weighted by molar-refractivity contribution is -0.141. The van der Waals surface area contributed by atoms with Gasteiger partial charge in [0, 0.05) is 6.42 Å². The Morgan fingerprint density at radius 1 is 1.23 bits per heavy atom. The standard InChI is InChI=1S/C13H22N6O7/c1-5(21)9(12(23)24)17-13(25)16-7(2-3-8(15)22)11-19-18-10(26-11)6(14)4-20/h5-7,9,20-21H,2-4,14H2,1H3,(H2,15,22)(H,23,24)(H2,16,17,25)/t5?,6-,7-,9?/m0/s1. The molecule has 146 valence electrons. The molecule has 0 aromatic carbocycles. The number of amides is 3. The van der Waals surface area contributed by atoms with E-state index in [2.05, 4.69) is 20.8 Å². The summed E-state index contributed by atoms with van der Waals surface area (Å²) in [6, 6.07) is -4.39. The Kier molecular flexibility index (Phi) is 7.89. The number of aliphatic carboxylic acids is 1. The number of rotatable bonds is 10. The van der Waals surface area contributed by atoms with Crippen molar-refractivity contribution in [3.8, 4) is 0 Å². The Balaban J connectivity index is 2.89. The molecule has 1 rings (SSSR count). The first kappa shape index (κ1) is 21.3. The minimum atomic E-state index is -1.55. The molecule has 2 unspecified atom stereocenters. The number of aliphatic hydroxyl groups is 2. The van der Waals surface area contributed by atoms with Gasteiger partial charge in [-0.2, -0.15) is 0 Å². The number of carbonyl (C=O) groups excluding carboxylic acids is 2. The zero-order valence-electron chi connectivity index (χ0n) is 14.0. The number of carboxylic acids is 1. The fourth-order valence-electron chi connectivity index (χ4n) is 1.89. The van der Waals surface area contributed by atoms with Crippen LogP contribution in [0, 0.1) is 0 Å². The van der Waals surface area contributed by atoms with Crippen molar-refractivity contribution in [1.29, 1.82) is 0 Å². The molecular weight excluding hydrogens is 352 g/mol. The van der Waals surface area contributed by atoms with E-state index < -0.39 is 48.7 Å². The summed E-state index contributed by atoms with van der Waals surface area (Å²) < 4.78 is 5.26. The molecule has 0 saturated heterocycles. The van der Waals surface area contributed by atoms with Crippen molar-refractivity contribution >= 4 is 17.9 Å². The number of nitrogens with two attached hydrogens (primary N) is 2. The van der Waals surface area contributed by atoms with Gasteiger partial charge in [-0.25, -0.2) is 9.59 Å². The van der Waals surface area contributed by atoms with Crippen LogP contribution in [0.1, 0.15) is 43.6 Å². The largest absolute Gasteiger partial charge is 0.480 e. The van der Waals surface area contributed by atoms with E-state index in [4.69, 9.17) is 26.1 Å². The van der Waals surface area contributed by atoms with Gasteiger partial charge in [0.15, 0.2) is 6.04 Å². The summed E-state index contributed by atoms with van der Waals surface area (Å²) in [5.74, 6) is -2.26. The first-order chi connectivity index (χ1) is 12.1. The van der Waals surface area contributed by atoms with Crippen molar-refractivity contribution in [2.75, 3.05) is 6.61 Å². The number of carboxylic acid groups (broad SMARTS) is 1. The van der Waals surface area contributed by atoms with Crippen molar-refractivity contribution < 1.29 is 34.1 Å². The first-order valence-corrected chi connectivity index (χ1v) is 7.61. The first-order valence-electron chi connectivity index (χ1n) is 7.61. The molecule has 0 aliphatic heterocycles. The highest BCUT2D eigenvalue weighted by Crippen LogP contribution is 2.19. The van der Waals surface area contributed by atoms with E-state index in [0.717, 1.165) is 0 Å². The Hall–Kier alpha value is -2.77. The molecule has 3 amide bonds. The summed E-state index contributed by atoms with van der Waals surface area (Å²) in [6.45, 7) is 0.750. The Morgan fingerprint density at radius 2 is 1.85 bits per heavy atom. The molecule has 26 heavy (non-hydrogen) atoms. The second kappa shape index (κ2) is 9.65. The van der Waals surface area contributed by atoms with Gasteiger partial charge in [-0.1, -0.05) is 0 Å². The van der Waals surface area contributed by atoms with Gasteiger partial charge >= 0.3 is 12.0 Å². The molecule has 0 aliphatic rings. The molecule has 1 aromatic rings. The molecule has 0 radical (unpaired) electrons. The summed E-state index contributed by atoms with van der Waals surface area (Å²) in [5, 5.41) is 39.1. The topological polar surface area (TPSA) is 227 Å². The predicted octanol–water partition coefficient (Wildman–Crippen LogP) is -2.50. The fourth-order valence-corrected chi connectivity index (χ4v) is 1.89. The molecule has 1 heterocycles. The second-order valence-electron chi connectivity index (χ2n) is 5.50. The third kappa shape index (κ3) is 6.27. The number of aliphatic hydroxyl groups excluding tert-OH is 2. The van der Waals surface area contributed by atoms with E-state index in [1.165, 1.54) is 6.92 Å². The van der Waals surface area contributed by atoms with Crippen LogP contribution in [-0.4, -0.2) is 62.2 Å². The van der Waals surface area contributed by atoms with Gasteiger partial charge in [0.1, 0.15) is 12.1 Å². The van der Waals surface area contributed by atoms with Crippen LogP contribution in [0.4, 0.5) is 4.79 Å². The van der Waals surface area contributed by atoms with Gasteiger partial charge in [-0.15, -0.1) is 10.2 Å². The van der Waals surface area contributed by atoms with Crippen LogP contribution in [0.3, 0.4) is 0 Å². The Morgan fingerprint density at radius 3 is 2.35 bits per heavy atom. The SMILES string of the molecule is CC(O)C(NC(=O)N[C@@H](CCC(N)=O)c1nnc([C@@H](N)CO)o1)C(=O)O. The van der Waals surface area contributed by atoms with E-state index >= 15 is 0 Å². The Labute approximate surface area is 147 Å². The highest BCUT2D eigenvalue weighted by molar-refractivity contribution is 5.83. The van der Waals surface area contributed by atoms with Crippen LogP contribution in [0.2, 0.25) is 0 Å². The second-order valence-corrected chi connectivity index (χ2v) is 5.50. The van der Waals surface area contributed by atoms with Crippen molar-refractivity contribution in [3.63, 3.8) is 0 Å². The van der Waals surface area contributed by atoms with E-state index in [9.17, 15) is 19.5 Å². The highest BCUT2D eigenvalue weighted by atomic mass is 16.4. The molecule has 13 nitrogen and oxygen atoms in total. The molecule has 0 saturated carbocycles. The molecule has 4 atom stereocenters. The average Bonchev–Trinajstić information content (AvgIpc) is 3.04. The predicted molar refractivity (Wildman–Crippen MR) is 84.3 cm³/mol. The van der Waals surface area contributed by atoms with Gasteiger partial charge < -0.3 is 41.8 Å². The molecule has 0 aliphatic carbocycles. The number of urea groups is 1. The van der Waals surface area contributed by atoms with Crippen LogP contribution in [-0.2, 0) is 9.59 Å². The lowest BCUT2D eigenvalue weighted by Gasteiger charge is -2.20. The number of hydrogen-bond donors (Lipinski definition) is 7. The summed E-state index contributed by atoms with van der Waals surface area (Å²) in [7, 11) is 0. The number of nitrogens with zero attached hydrogens (tertiary/aromatic N) is 2. The molecule has 0 fully saturated rings. The molecule has 9 N–H and O–H groups in total. The van der Waals surface area contributed by atoms with Crippen molar-refractivity contribution in [2.45, 2.75) is 44.0 Å². The number of hydrogen-bond acceptors (Lipinski definition) is 9. The third-order valence-electron chi connectivity index (χ3n) is 3.29. The number of aromatic nitrogens is 2. The summed E-state index contributed by atoms with van der Waals surface area (Å²) in [4.78, 5) is 34.0. The summed E-state index contributed by atoms with van der Waals surface area (Å²) in [6.07, 6.45) is -1.49. The van der Waals surface area contributed by atoms with Crippen LogP contribution in [0.15, 0.2) is 4.42 Å². The molecule has 13 heteroatoms. The molecular formula is C13H22N6O7. The maximum atomic E-state index is 12.0. The lowest BCUT2D eigenvalue weighted by atomic mass is 10.1. The Bertz CT molecular complexity index is 634. The molecule has 1 aromatic heterocycles. The zero-order chi connectivity index (χ0) is 19.9. The fraction of sp³-hybridized carbons (Fsp3) is 0.615. The minimum absolute atomic E-state index is 0.00876. The van der Waals surface area contributed by atoms with E-state index in [1.54, 1.807) is 0 Å². The lowest BCUT2D eigenvalue weighted by Crippen LogP contribution is -2.51. The summed E-state index contributed by atoms with van der Waals surface area (Å²) in [5.41, 5.74) is 10.6. The van der Waals surface area contributed by atoms with Gasteiger partial charge in [0.2, 0.25) is 17.7 Å². The quantitative estimate of drug-likeness (QED) is 0.228. The minimum Gasteiger partial charge on any atom is -0.480 e. The van der Waals surface area contributed by atoms with Crippen LogP contribution < -0.4 is 22.1 Å². The number of nitrogens with one attached hydrogen (secondary N) is 2. The van der Waals surface area contributed by atoms with Crippen molar-refractivity contribution in [1.82, 2.24) is 20.8 Å². The van der Waals surface area contributed by atoms with Gasteiger partial charge in [0.25, 0.3) is 0 Å². The number of primary amides is 1. The van der Waals surface area contributed by atoms with E-state index in [0.29, 0.717) is 0 Å². The van der Waals surface area contributed by atoms with Crippen molar-refractivity contribution in [3.05, 3.63) is 11.8 Å². The van der Waals surface area contributed by atoms with Gasteiger partial charge in [0.05, 0.1) is 12.7 Å².